The molecule has 1 saturated heterocycles. The second-order valence-corrected chi connectivity index (χ2v) is 12.9. The van der Waals surface area contributed by atoms with Crippen molar-refractivity contribution in [3.63, 3.8) is 0 Å². The van der Waals surface area contributed by atoms with Crippen molar-refractivity contribution in [3.05, 3.63) is 76.6 Å². The topological polar surface area (TPSA) is 157 Å². The number of nitrogens with one attached hydrogen (secondary N) is 1. The summed E-state index contributed by atoms with van der Waals surface area (Å²) in [4.78, 5) is 55.4. The molecular formula is C38H45FN2O12. The SMILES string of the molecule is COCOc1c(OC)cccc1C(=O)N[C@@H]1CN(C(=O)OC(C)(C)C)CCC[C@H]1OC(=O)c1ccc(C(=O)c2c(OC)cc(OC)c(OC)c2F)cc1. The lowest BCUT2D eigenvalue weighted by molar-refractivity contribution is 0.0125. The molecule has 53 heavy (non-hydrogen) atoms. The number of methoxy groups -OCH3 is 5. The maximum absolute atomic E-state index is 15.5. The number of carbonyl (C=O) groups excluding carboxylic acids is 4. The Hall–Kier alpha value is -5.57. The van der Waals surface area contributed by atoms with Crippen LogP contribution in [-0.4, -0.2) is 102 Å². The number of rotatable bonds is 13. The van der Waals surface area contributed by atoms with E-state index in [1.165, 1.54) is 70.8 Å². The van der Waals surface area contributed by atoms with Crippen molar-refractivity contribution >= 4 is 23.8 Å². The van der Waals surface area contributed by atoms with Crippen LogP contribution < -0.4 is 29.0 Å². The first kappa shape index (κ1) is 40.2. The molecular weight excluding hydrogens is 695 g/mol. The van der Waals surface area contributed by atoms with E-state index in [0.29, 0.717) is 12.2 Å². The molecule has 14 nitrogen and oxygen atoms in total. The average Bonchev–Trinajstić information content (AvgIpc) is 3.34. The first-order valence-corrected chi connectivity index (χ1v) is 16.7. The molecule has 1 N–H and O–H groups in total. The van der Waals surface area contributed by atoms with Crippen LogP contribution in [0.2, 0.25) is 0 Å². The van der Waals surface area contributed by atoms with E-state index in [9.17, 15) is 19.2 Å². The van der Waals surface area contributed by atoms with Gasteiger partial charge in [0, 0.05) is 31.8 Å². The van der Waals surface area contributed by atoms with E-state index in [1.807, 2.05) is 0 Å². The zero-order valence-electron chi connectivity index (χ0n) is 31.0. The van der Waals surface area contributed by atoms with Gasteiger partial charge in [0.2, 0.25) is 0 Å². The number of nitrogens with zero attached hydrogens (tertiary/aromatic N) is 1. The fourth-order valence-electron chi connectivity index (χ4n) is 5.68. The van der Waals surface area contributed by atoms with Crippen LogP contribution in [0, 0.1) is 5.82 Å². The average molecular weight is 741 g/mol. The van der Waals surface area contributed by atoms with Gasteiger partial charge in [-0.3, -0.25) is 9.59 Å². The van der Waals surface area contributed by atoms with E-state index in [4.69, 9.17) is 37.9 Å². The molecule has 0 aliphatic carbocycles. The van der Waals surface area contributed by atoms with Crippen molar-refractivity contribution in [3.8, 4) is 28.7 Å². The molecule has 0 radical (unpaired) electrons. The summed E-state index contributed by atoms with van der Waals surface area (Å²) >= 11 is 0. The van der Waals surface area contributed by atoms with Crippen molar-refractivity contribution < 1.29 is 61.5 Å². The van der Waals surface area contributed by atoms with E-state index in [1.54, 1.807) is 39.0 Å². The maximum Gasteiger partial charge on any atom is 0.410 e. The molecule has 2 amide bonds. The normalized spacial score (nSPS) is 15.8. The number of para-hydroxylation sites is 1. The van der Waals surface area contributed by atoms with Crippen molar-refractivity contribution in [2.45, 2.75) is 51.4 Å². The van der Waals surface area contributed by atoms with Crippen LogP contribution >= 0.6 is 0 Å². The lowest BCUT2D eigenvalue weighted by atomic mass is 9.99. The van der Waals surface area contributed by atoms with Crippen molar-refractivity contribution in [2.75, 3.05) is 55.4 Å². The minimum absolute atomic E-state index is 0.0387. The van der Waals surface area contributed by atoms with Gasteiger partial charge in [-0.25, -0.2) is 14.0 Å². The Labute approximate surface area is 307 Å². The quantitative estimate of drug-likeness (QED) is 0.135. The highest BCUT2D eigenvalue weighted by Gasteiger charge is 2.36. The van der Waals surface area contributed by atoms with E-state index in [0.717, 1.165) is 0 Å². The third kappa shape index (κ3) is 9.66. The van der Waals surface area contributed by atoms with Gasteiger partial charge in [0.15, 0.2) is 41.4 Å². The lowest BCUT2D eigenvalue weighted by Crippen LogP contribution is -2.51. The predicted molar refractivity (Wildman–Crippen MR) is 189 cm³/mol. The van der Waals surface area contributed by atoms with Gasteiger partial charge in [-0.2, -0.15) is 0 Å². The first-order chi connectivity index (χ1) is 25.3. The summed E-state index contributed by atoms with van der Waals surface area (Å²) in [6.07, 6.45) is -0.760. The highest BCUT2D eigenvalue weighted by molar-refractivity contribution is 6.11. The van der Waals surface area contributed by atoms with Crippen LogP contribution in [0.4, 0.5) is 9.18 Å². The van der Waals surface area contributed by atoms with Crippen molar-refractivity contribution in [2.24, 2.45) is 0 Å². The summed E-state index contributed by atoms with van der Waals surface area (Å²) < 4.78 is 58.6. The molecule has 0 saturated carbocycles. The molecule has 3 aromatic rings. The smallest absolute Gasteiger partial charge is 0.410 e. The highest BCUT2D eigenvalue weighted by atomic mass is 19.1. The molecule has 0 spiro atoms. The zero-order valence-corrected chi connectivity index (χ0v) is 31.0. The Morgan fingerprint density at radius 2 is 1.51 bits per heavy atom. The Morgan fingerprint density at radius 3 is 2.11 bits per heavy atom. The van der Waals surface area contributed by atoms with Gasteiger partial charge in [-0.15, -0.1) is 0 Å². The molecule has 0 aromatic heterocycles. The minimum atomic E-state index is -0.967. The second kappa shape index (κ2) is 17.8. The predicted octanol–water partition coefficient (Wildman–Crippen LogP) is 5.43. The number of amides is 2. The number of ketones is 1. The van der Waals surface area contributed by atoms with E-state index < -0.39 is 47.3 Å². The largest absolute Gasteiger partial charge is 0.496 e. The number of hydrogen-bond acceptors (Lipinski definition) is 12. The zero-order chi connectivity index (χ0) is 38.9. The highest BCUT2D eigenvalue weighted by Crippen LogP contribution is 2.39. The number of likely N-dealkylation sites (tertiary alicyclic amines) is 1. The van der Waals surface area contributed by atoms with Crippen molar-refractivity contribution in [1.82, 2.24) is 10.2 Å². The van der Waals surface area contributed by atoms with Gasteiger partial charge in [-0.05, 0) is 57.9 Å². The van der Waals surface area contributed by atoms with E-state index >= 15 is 4.39 Å². The summed E-state index contributed by atoms with van der Waals surface area (Å²) in [5, 5.41) is 2.92. The number of carbonyl (C=O) groups is 4. The molecule has 15 heteroatoms. The minimum Gasteiger partial charge on any atom is -0.496 e. The fraction of sp³-hybridized carbons (Fsp3) is 0.421. The number of esters is 1. The molecule has 4 rings (SSSR count). The Balaban J connectivity index is 1.61. The molecule has 1 aliphatic rings. The number of ether oxygens (including phenoxy) is 8. The van der Waals surface area contributed by atoms with Gasteiger partial charge < -0.3 is 48.1 Å². The summed E-state index contributed by atoms with van der Waals surface area (Å²) in [5.74, 6) is -2.87. The summed E-state index contributed by atoms with van der Waals surface area (Å²) in [7, 11) is 6.73. The van der Waals surface area contributed by atoms with E-state index in [2.05, 4.69) is 5.32 Å². The molecule has 0 bridgehead atoms. The lowest BCUT2D eigenvalue weighted by Gasteiger charge is -2.31. The number of benzene rings is 3. The number of halogens is 1. The molecule has 2 atom stereocenters. The van der Waals surface area contributed by atoms with Gasteiger partial charge in [-0.1, -0.05) is 18.2 Å². The van der Waals surface area contributed by atoms with Crippen LogP contribution in [0.25, 0.3) is 0 Å². The maximum atomic E-state index is 15.5. The van der Waals surface area contributed by atoms with Crippen LogP contribution in [0.15, 0.2) is 48.5 Å². The summed E-state index contributed by atoms with van der Waals surface area (Å²) in [6.45, 7) is 5.33. The van der Waals surface area contributed by atoms with Crippen LogP contribution in [0.5, 0.6) is 28.7 Å². The Bertz CT molecular complexity index is 1790. The van der Waals surface area contributed by atoms with Crippen LogP contribution in [0.1, 0.15) is 70.3 Å². The number of hydrogen-bond donors (Lipinski definition) is 1. The standard InChI is InChI=1S/C38H45FN2O12/c1-38(2,3)53-37(45)41-18-10-13-26(25(20-41)40-35(43)24-11-9-12-27(47-5)33(24)51-21-46-4)52-36(44)23-16-14-22(15-17-23)32(42)30-28(48-6)19-29(49-7)34(50-8)31(30)39/h9,11-12,14-17,19,25-26H,10,13,18,20-21H2,1-8H3,(H,40,43)/t25-,26-/m1/s1. The van der Waals surface area contributed by atoms with Gasteiger partial charge >= 0.3 is 12.1 Å². The molecule has 286 valence electrons. The third-order valence-corrected chi connectivity index (χ3v) is 8.18. The van der Waals surface area contributed by atoms with Crippen LogP contribution in [-0.2, 0) is 14.2 Å². The van der Waals surface area contributed by atoms with Crippen molar-refractivity contribution in [1.29, 1.82) is 0 Å². The molecule has 1 aliphatic heterocycles. The Kier molecular flexibility index (Phi) is 13.5. The van der Waals surface area contributed by atoms with Gasteiger partial charge in [0.05, 0.1) is 45.6 Å². The Morgan fingerprint density at radius 1 is 0.849 bits per heavy atom. The fourth-order valence-corrected chi connectivity index (χ4v) is 5.68. The first-order valence-electron chi connectivity index (χ1n) is 16.7. The molecule has 3 aromatic carbocycles. The molecule has 1 heterocycles. The summed E-state index contributed by atoms with van der Waals surface area (Å²) in [6, 6.07) is 10.7. The molecule has 1 fully saturated rings. The summed E-state index contributed by atoms with van der Waals surface area (Å²) in [5.41, 5.74) is -0.876. The molecule has 0 unspecified atom stereocenters. The second-order valence-electron chi connectivity index (χ2n) is 12.9. The van der Waals surface area contributed by atoms with E-state index in [-0.39, 0.29) is 71.6 Å². The van der Waals surface area contributed by atoms with Gasteiger partial charge in [0.25, 0.3) is 5.91 Å². The van der Waals surface area contributed by atoms with Gasteiger partial charge in [0.1, 0.15) is 23.0 Å². The monoisotopic (exact) mass is 740 g/mol. The third-order valence-electron chi connectivity index (χ3n) is 8.18. The van der Waals surface area contributed by atoms with Crippen LogP contribution in [0.3, 0.4) is 0 Å².